The van der Waals surface area contributed by atoms with E-state index >= 15 is 0 Å². The van der Waals surface area contributed by atoms with Gasteiger partial charge in [0.2, 0.25) is 0 Å². The summed E-state index contributed by atoms with van der Waals surface area (Å²) in [6.07, 6.45) is 1.92. The molecule has 1 aliphatic rings. The summed E-state index contributed by atoms with van der Waals surface area (Å²) in [5.74, 6) is -0.134. The van der Waals surface area contributed by atoms with Crippen molar-refractivity contribution in [1.82, 2.24) is 5.43 Å². The Labute approximate surface area is 124 Å². The van der Waals surface area contributed by atoms with Gasteiger partial charge in [0.15, 0.2) is 0 Å². The number of rotatable bonds is 2. The molecular weight excluding hydrogens is 262 g/mol. The number of fused-ring (bicyclic) bond motifs is 1. The van der Waals surface area contributed by atoms with E-state index in [2.05, 4.69) is 17.6 Å². The maximum Gasteiger partial charge on any atom is 0.271 e. The molecule has 1 heterocycles. The van der Waals surface area contributed by atoms with Gasteiger partial charge in [-0.3, -0.25) is 4.79 Å². The van der Waals surface area contributed by atoms with Crippen LogP contribution < -0.4 is 10.3 Å². The SMILES string of the molecule is C[NH+]1CCC(=NNC(=O)c2cccc3ccccc23)CC1. The Bertz CT molecular complexity index is 678. The molecule has 0 bridgehead atoms. The summed E-state index contributed by atoms with van der Waals surface area (Å²) in [6.45, 7) is 2.17. The first-order valence-electron chi connectivity index (χ1n) is 7.39. The molecule has 0 atom stereocenters. The number of hydrogen-bond donors (Lipinski definition) is 2. The molecule has 0 aromatic heterocycles. The van der Waals surface area contributed by atoms with E-state index in [-0.39, 0.29) is 5.91 Å². The highest BCUT2D eigenvalue weighted by molar-refractivity contribution is 6.07. The number of piperidine rings is 1. The van der Waals surface area contributed by atoms with Gasteiger partial charge in [0.1, 0.15) is 0 Å². The third kappa shape index (κ3) is 3.11. The van der Waals surface area contributed by atoms with Gasteiger partial charge < -0.3 is 4.90 Å². The normalized spacial score (nSPS) is 18.5. The molecule has 2 aromatic rings. The summed E-state index contributed by atoms with van der Waals surface area (Å²) in [7, 11) is 2.19. The van der Waals surface area contributed by atoms with Gasteiger partial charge in [0.25, 0.3) is 5.91 Å². The van der Waals surface area contributed by atoms with E-state index in [0.29, 0.717) is 5.56 Å². The fraction of sp³-hybridized carbons (Fsp3) is 0.294. The molecule has 0 spiro atoms. The first-order chi connectivity index (χ1) is 10.2. The topological polar surface area (TPSA) is 45.9 Å². The lowest BCUT2D eigenvalue weighted by molar-refractivity contribution is -0.880. The van der Waals surface area contributed by atoms with Crippen molar-refractivity contribution in [2.75, 3.05) is 20.1 Å². The van der Waals surface area contributed by atoms with Crippen molar-refractivity contribution >= 4 is 22.4 Å². The van der Waals surface area contributed by atoms with E-state index in [9.17, 15) is 4.79 Å². The Hall–Kier alpha value is -2.20. The standard InChI is InChI=1S/C17H19N3O/c1-20-11-9-14(10-12-20)18-19-17(21)16-8-4-6-13-5-2-3-7-15(13)16/h2-8H,9-12H2,1H3,(H,19,21)/p+1. The second-order valence-electron chi connectivity index (χ2n) is 5.60. The van der Waals surface area contributed by atoms with Gasteiger partial charge in [0.05, 0.1) is 20.1 Å². The van der Waals surface area contributed by atoms with Gasteiger partial charge in [-0.1, -0.05) is 36.4 Å². The Balaban J connectivity index is 1.77. The van der Waals surface area contributed by atoms with E-state index in [1.807, 2.05) is 42.5 Å². The molecule has 0 aliphatic carbocycles. The second-order valence-corrected chi connectivity index (χ2v) is 5.60. The maximum absolute atomic E-state index is 12.3. The van der Waals surface area contributed by atoms with Crippen molar-refractivity contribution in [2.24, 2.45) is 5.10 Å². The molecule has 108 valence electrons. The summed E-state index contributed by atoms with van der Waals surface area (Å²) in [5.41, 5.74) is 4.48. The smallest absolute Gasteiger partial charge is 0.271 e. The Morgan fingerprint density at radius 3 is 2.62 bits per heavy atom. The fourth-order valence-electron chi connectivity index (χ4n) is 2.69. The van der Waals surface area contributed by atoms with Crippen LogP contribution in [0.5, 0.6) is 0 Å². The van der Waals surface area contributed by atoms with Crippen LogP contribution in [0.25, 0.3) is 10.8 Å². The van der Waals surface area contributed by atoms with Crippen molar-refractivity contribution in [3.05, 3.63) is 48.0 Å². The molecule has 1 saturated heterocycles. The van der Waals surface area contributed by atoms with Crippen LogP contribution in [0.3, 0.4) is 0 Å². The first-order valence-corrected chi connectivity index (χ1v) is 7.39. The highest BCUT2D eigenvalue weighted by atomic mass is 16.2. The van der Waals surface area contributed by atoms with Crippen molar-refractivity contribution in [2.45, 2.75) is 12.8 Å². The average molecular weight is 282 g/mol. The number of hydrazone groups is 1. The number of carbonyl (C=O) groups excluding carboxylic acids is 1. The highest BCUT2D eigenvalue weighted by Gasteiger charge is 2.15. The minimum Gasteiger partial charge on any atom is -0.337 e. The minimum absolute atomic E-state index is 0.134. The van der Waals surface area contributed by atoms with Crippen LogP contribution in [0, 0.1) is 0 Å². The Morgan fingerprint density at radius 1 is 1.10 bits per heavy atom. The fourth-order valence-corrected chi connectivity index (χ4v) is 2.69. The van der Waals surface area contributed by atoms with E-state index in [1.54, 1.807) is 0 Å². The van der Waals surface area contributed by atoms with Crippen molar-refractivity contribution in [3.63, 3.8) is 0 Å². The van der Waals surface area contributed by atoms with Gasteiger partial charge in [-0.15, -0.1) is 0 Å². The van der Waals surface area contributed by atoms with Gasteiger partial charge in [-0.05, 0) is 16.8 Å². The number of nitrogens with one attached hydrogen (secondary N) is 2. The lowest BCUT2D eigenvalue weighted by Crippen LogP contribution is -3.10. The third-order valence-corrected chi connectivity index (χ3v) is 4.03. The molecule has 4 nitrogen and oxygen atoms in total. The number of quaternary nitrogens is 1. The lowest BCUT2D eigenvalue weighted by Gasteiger charge is -2.20. The molecule has 1 amide bonds. The number of carbonyl (C=O) groups is 1. The molecule has 1 fully saturated rings. The van der Waals surface area contributed by atoms with Gasteiger partial charge in [-0.25, -0.2) is 5.43 Å². The molecule has 0 radical (unpaired) electrons. The van der Waals surface area contributed by atoms with Crippen LogP contribution in [-0.2, 0) is 0 Å². The van der Waals surface area contributed by atoms with Crippen LogP contribution in [-0.4, -0.2) is 31.8 Å². The number of nitrogens with zero attached hydrogens (tertiary/aromatic N) is 1. The van der Waals surface area contributed by atoms with E-state index in [1.165, 1.54) is 4.90 Å². The summed E-state index contributed by atoms with van der Waals surface area (Å²) >= 11 is 0. The first kappa shape index (κ1) is 13.8. The van der Waals surface area contributed by atoms with E-state index < -0.39 is 0 Å². The molecule has 21 heavy (non-hydrogen) atoms. The zero-order valence-corrected chi connectivity index (χ0v) is 12.2. The van der Waals surface area contributed by atoms with E-state index in [0.717, 1.165) is 42.4 Å². The third-order valence-electron chi connectivity index (χ3n) is 4.03. The molecule has 0 unspecified atom stereocenters. The predicted octanol–water partition coefficient (Wildman–Crippen LogP) is 1.23. The molecular formula is C17H20N3O+. The summed E-state index contributed by atoms with van der Waals surface area (Å²) in [5, 5.41) is 6.34. The monoisotopic (exact) mass is 282 g/mol. The molecule has 2 N–H and O–H groups in total. The van der Waals surface area contributed by atoms with Crippen LogP contribution in [0.2, 0.25) is 0 Å². The maximum atomic E-state index is 12.3. The molecule has 0 saturated carbocycles. The van der Waals surface area contributed by atoms with Crippen LogP contribution >= 0.6 is 0 Å². The van der Waals surface area contributed by atoms with Gasteiger partial charge in [-0.2, -0.15) is 5.10 Å². The summed E-state index contributed by atoms with van der Waals surface area (Å²) < 4.78 is 0. The second kappa shape index (κ2) is 6.06. The van der Waals surface area contributed by atoms with Crippen molar-refractivity contribution < 1.29 is 9.69 Å². The van der Waals surface area contributed by atoms with Crippen molar-refractivity contribution in [3.8, 4) is 0 Å². The molecule has 3 rings (SSSR count). The zero-order valence-electron chi connectivity index (χ0n) is 12.2. The lowest BCUT2D eigenvalue weighted by atomic mass is 10.0. The summed E-state index contributed by atoms with van der Waals surface area (Å²) in [6, 6.07) is 13.7. The number of likely N-dealkylation sites (tertiary alicyclic amines) is 1. The van der Waals surface area contributed by atoms with Crippen molar-refractivity contribution in [1.29, 1.82) is 0 Å². The summed E-state index contributed by atoms with van der Waals surface area (Å²) in [4.78, 5) is 13.9. The van der Waals surface area contributed by atoms with E-state index in [4.69, 9.17) is 0 Å². The number of hydrogen-bond acceptors (Lipinski definition) is 2. The number of benzene rings is 2. The molecule has 4 heteroatoms. The van der Waals surface area contributed by atoms with Crippen LogP contribution in [0.4, 0.5) is 0 Å². The average Bonchev–Trinajstić information content (AvgIpc) is 2.53. The Morgan fingerprint density at radius 2 is 1.81 bits per heavy atom. The largest absolute Gasteiger partial charge is 0.337 e. The highest BCUT2D eigenvalue weighted by Crippen LogP contribution is 2.18. The minimum atomic E-state index is -0.134. The van der Waals surface area contributed by atoms with Gasteiger partial charge >= 0.3 is 0 Å². The molecule has 2 aromatic carbocycles. The quantitative estimate of drug-likeness (QED) is 0.800. The van der Waals surface area contributed by atoms with Gasteiger partial charge in [0, 0.05) is 24.1 Å². The van der Waals surface area contributed by atoms with Crippen LogP contribution in [0.15, 0.2) is 47.6 Å². The Kier molecular flexibility index (Phi) is 3.97. The predicted molar refractivity (Wildman–Crippen MR) is 84.7 cm³/mol. The number of amides is 1. The zero-order chi connectivity index (χ0) is 14.7. The molecule has 1 aliphatic heterocycles. The van der Waals surface area contributed by atoms with Crippen LogP contribution in [0.1, 0.15) is 23.2 Å².